The fraction of sp³-hybridized carbons (Fsp3) is 0.560. The minimum atomic E-state index is -0.327. The molecule has 1 saturated carbocycles. The first-order chi connectivity index (χ1) is 17.0. The van der Waals surface area contributed by atoms with Crippen LogP contribution in [0.2, 0.25) is 0 Å². The van der Waals surface area contributed by atoms with E-state index in [9.17, 15) is 4.79 Å². The van der Waals surface area contributed by atoms with Crippen molar-refractivity contribution in [1.29, 1.82) is 0 Å². The molecule has 0 bridgehead atoms. The monoisotopic (exact) mass is 475 g/mol. The molecular weight excluding hydrogens is 442 g/mol. The summed E-state index contributed by atoms with van der Waals surface area (Å²) in [7, 11) is 0. The third kappa shape index (κ3) is 3.99. The van der Waals surface area contributed by atoms with Crippen LogP contribution in [0.3, 0.4) is 0 Å². The van der Waals surface area contributed by atoms with Gasteiger partial charge in [0, 0.05) is 50.5 Å². The Labute approximate surface area is 205 Å². The maximum Gasteiger partial charge on any atom is 0.246 e. The Hall–Kier alpha value is -3.27. The molecule has 5 heterocycles. The van der Waals surface area contributed by atoms with Gasteiger partial charge in [-0.3, -0.25) is 9.69 Å². The second-order valence-electron chi connectivity index (χ2n) is 10.3. The van der Waals surface area contributed by atoms with Crippen molar-refractivity contribution in [3.8, 4) is 0 Å². The molecule has 184 valence electrons. The van der Waals surface area contributed by atoms with Crippen LogP contribution in [0.15, 0.2) is 24.4 Å². The molecule has 35 heavy (non-hydrogen) atoms. The van der Waals surface area contributed by atoms with Crippen LogP contribution in [0.5, 0.6) is 0 Å². The highest BCUT2D eigenvalue weighted by Gasteiger charge is 2.50. The van der Waals surface area contributed by atoms with Gasteiger partial charge in [-0.1, -0.05) is 25.0 Å². The number of carbonyl (C=O) groups is 1. The molecule has 0 aromatic carbocycles. The van der Waals surface area contributed by atoms with E-state index >= 15 is 0 Å². The molecule has 10 heteroatoms. The van der Waals surface area contributed by atoms with Crippen molar-refractivity contribution in [3.05, 3.63) is 30.0 Å². The van der Waals surface area contributed by atoms with E-state index in [1.807, 2.05) is 30.5 Å². The van der Waals surface area contributed by atoms with E-state index in [0.29, 0.717) is 24.4 Å². The molecule has 1 aliphatic carbocycles. The Morgan fingerprint density at radius 3 is 2.63 bits per heavy atom. The number of hydrogen-bond donors (Lipinski definition) is 2. The molecule has 1 spiro atoms. The van der Waals surface area contributed by atoms with Gasteiger partial charge in [0.05, 0.1) is 5.54 Å². The summed E-state index contributed by atoms with van der Waals surface area (Å²) in [5.41, 5.74) is 0.861. The van der Waals surface area contributed by atoms with Gasteiger partial charge < -0.3 is 20.4 Å². The second-order valence-corrected chi connectivity index (χ2v) is 10.3. The Morgan fingerprint density at radius 1 is 1.11 bits per heavy atom. The average Bonchev–Trinajstić information content (AvgIpc) is 3.36. The number of fused-ring (bicyclic) bond motifs is 4. The number of amides is 1. The largest absolute Gasteiger partial charge is 0.353 e. The molecule has 2 N–H and O–H groups in total. The van der Waals surface area contributed by atoms with Crippen LogP contribution < -0.4 is 20.4 Å². The lowest BCUT2D eigenvalue weighted by Crippen LogP contribution is -2.67. The van der Waals surface area contributed by atoms with Gasteiger partial charge in [0.25, 0.3) is 0 Å². The van der Waals surface area contributed by atoms with Crippen molar-refractivity contribution >= 4 is 35.4 Å². The smallest absolute Gasteiger partial charge is 0.246 e. The molecule has 6 rings (SSSR count). The van der Waals surface area contributed by atoms with Gasteiger partial charge in [-0.05, 0) is 38.8 Å². The van der Waals surface area contributed by atoms with Crippen LogP contribution in [0, 0.1) is 0 Å². The topological polar surface area (TPSA) is 102 Å². The predicted octanol–water partition coefficient (Wildman–Crippen LogP) is 2.18. The molecule has 1 amide bonds. The molecule has 3 fully saturated rings. The number of nitrogens with one attached hydrogen (secondary N) is 2. The first-order valence-electron chi connectivity index (χ1n) is 12.7. The minimum Gasteiger partial charge on any atom is -0.353 e. The highest BCUT2D eigenvalue weighted by molar-refractivity contribution is 5.93. The molecule has 2 aromatic heterocycles. The van der Waals surface area contributed by atoms with Crippen molar-refractivity contribution in [2.45, 2.75) is 57.2 Å². The van der Waals surface area contributed by atoms with E-state index in [-0.39, 0.29) is 17.5 Å². The summed E-state index contributed by atoms with van der Waals surface area (Å²) in [5, 5.41) is 15.2. The summed E-state index contributed by atoms with van der Waals surface area (Å²) in [6.07, 6.45) is 10.2. The highest BCUT2D eigenvalue weighted by atomic mass is 16.2. The molecule has 1 atom stereocenters. The van der Waals surface area contributed by atoms with Crippen LogP contribution in [0.1, 0.15) is 45.1 Å². The Bertz CT molecular complexity index is 1120. The minimum absolute atomic E-state index is 0.0354. The number of rotatable bonds is 4. The third-order valence-electron chi connectivity index (χ3n) is 7.92. The molecule has 0 radical (unpaired) electrons. The van der Waals surface area contributed by atoms with E-state index in [2.05, 4.69) is 54.4 Å². The van der Waals surface area contributed by atoms with Crippen molar-refractivity contribution in [1.82, 2.24) is 30.4 Å². The molecule has 2 saturated heterocycles. The Balaban J connectivity index is 1.20. The van der Waals surface area contributed by atoms with Gasteiger partial charge in [-0.2, -0.15) is 4.98 Å². The summed E-state index contributed by atoms with van der Waals surface area (Å²) >= 11 is 0. The zero-order valence-corrected chi connectivity index (χ0v) is 20.4. The third-order valence-corrected chi connectivity index (χ3v) is 7.92. The van der Waals surface area contributed by atoms with Crippen molar-refractivity contribution < 1.29 is 4.79 Å². The first-order valence-corrected chi connectivity index (χ1v) is 12.7. The normalized spacial score (nSPS) is 23.4. The van der Waals surface area contributed by atoms with E-state index in [0.717, 1.165) is 56.2 Å². The lowest BCUT2D eigenvalue weighted by Gasteiger charge is -2.50. The summed E-state index contributed by atoms with van der Waals surface area (Å²) in [4.78, 5) is 29.1. The summed E-state index contributed by atoms with van der Waals surface area (Å²) < 4.78 is 0. The quantitative estimate of drug-likeness (QED) is 0.689. The fourth-order valence-corrected chi connectivity index (χ4v) is 5.92. The van der Waals surface area contributed by atoms with Crippen LogP contribution in [-0.2, 0) is 4.79 Å². The lowest BCUT2D eigenvalue weighted by atomic mass is 9.87. The van der Waals surface area contributed by atoms with Crippen LogP contribution in [0.25, 0.3) is 6.08 Å². The summed E-state index contributed by atoms with van der Waals surface area (Å²) in [5.74, 6) is 2.81. The number of anilines is 4. The second kappa shape index (κ2) is 8.75. The van der Waals surface area contributed by atoms with Gasteiger partial charge in [0.1, 0.15) is 11.9 Å². The van der Waals surface area contributed by atoms with Gasteiger partial charge in [-0.25, -0.2) is 4.98 Å². The number of nitrogens with zero attached hydrogens (tertiary/aromatic N) is 7. The van der Waals surface area contributed by atoms with E-state index in [1.54, 1.807) is 0 Å². The maximum atomic E-state index is 12.7. The SMILES string of the molecule is CC(C)N1CCN(c2ccc(Nc3ncc4c(n3)N3C(C=C4)C(=O)NCC34CCCC4)nn2)CC1. The number of piperazine rings is 2. The number of aromatic nitrogens is 4. The Morgan fingerprint density at radius 2 is 1.91 bits per heavy atom. The highest BCUT2D eigenvalue weighted by Crippen LogP contribution is 2.43. The summed E-state index contributed by atoms with van der Waals surface area (Å²) in [6, 6.07) is 4.17. The molecule has 10 nitrogen and oxygen atoms in total. The van der Waals surface area contributed by atoms with Crippen LogP contribution >= 0.6 is 0 Å². The van der Waals surface area contributed by atoms with Gasteiger partial charge in [-0.15, -0.1) is 10.2 Å². The van der Waals surface area contributed by atoms with E-state index in [4.69, 9.17) is 4.98 Å². The van der Waals surface area contributed by atoms with Crippen molar-refractivity contribution in [2.75, 3.05) is 47.8 Å². The molecule has 4 aliphatic rings. The maximum absolute atomic E-state index is 12.7. The standard InChI is InChI=1S/C25H33N9O/c1-17(2)32-11-13-33(14-12-32)21-8-7-20(30-31-21)28-24-26-15-18-5-6-19-23(35)27-16-25(9-3-4-10-25)34(19)22(18)29-24/h5-8,15,17,19H,3-4,9-14,16H2,1-2H3,(H,27,35)(H,26,28,29,30). The molecule has 1 unspecified atom stereocenters. The molecule has 2 aromatic rings. The molecule has 3 aliphatic heterocycles. The van der Waals surface area contributed by atoms with E-state index in [1.165, 1.54) is 12.8 Å². The number of carbonyl (C=O) groups excluding carboxylic acids is 1. The zero-order valence-electron chi connectivity index (χ0n) is 20.4. The van der Waals surface area contributed by atoms with Gasteiger partial charge in [0.2, 0.25) is 11.9 Å². The Kier molecular flexibility index (Phi) is 5.55. The van der Waals surface area contributed by atoms with Crippen LogP contribution in [0.4, 0.5) is 23.4 Å². The lowest BCUT2D eigenvalue weighted by molar-refractivity contribution is -0.123. The number of hydrogen-bond acceptors (Lipinski definition) is 9. The van der Waals surface area contributed by atoms with Gasteiger partial charge in [0.15, 0.2) is 11.6 Å². The molecular formula is C25H33N9O. The van der Waals surface area contributed by atoms with Crippen molar-refractivity contribution in [3.63, 3.8) is 0 Å². The average molecular weight is 476 g/mol. The zero-order chi connectivity index (χ0) is 24.0. The van der Waals surface area contributed by atoms with Crippen LogP contribution in [-0.4, -0.2) is 81.3 Å². The van der Waals surface area contributed by atoms with Gasteiger partial charge >= 0.3 is 0 Å². The first kappa shape index (κ1) is 22.2. The van der Waals surface area contributed by atoms with Crippen molar-refractivity contribution in [2.24, 2.45) is 0 Å². The summed E-state index contributed by atoms with van der Waals surface area (Å²) in [6.45, 7) is 9.12. The fourth-order valence-electron chi connectivity index (χ4n) is 5.92. The van der Waals surface area contributed by atoms with E-state index < -0.39 is 0 Å². The predicted molar refractivity (Wildman–Crippen MR) is 136 cm³/mol.